The van der Waals surface area contributed by atoms with Crippen LogP contribution in [-0.4, -0.2) is 92.1 Å². The number of aliphatic carboxylic acids is 1. The number of methoxy groups -OCH3 is 1. The topological polar surface area (TPSA) is 213 Å². The molecule has 12 nitrogen and oxygen atoms in total. The van der Waals surface area contributed by atoms with Crippen LogP contribution in [0, 0.1) is 23.7 Å². The van der Waals surface area contributed by atoms with E-state index in [-0.39, 0.29) is 80.5 Å². The summed E-state index contributed by atoms with van der Waals surface area (Å²) in [5.74, 6) is -3.94. The molecule has 0 aromatic heterocycles. The van der Waals surface area contributed by atoms with Gasteiger partial charge in [0.15, 0.2) is 0 Å². The summed E-state index contributed by atoms with van der Waals surface area (Å²) in [7, 11) is 1.30. The smallest absolute Gasteiger partial charge is 0.309 e. The molecule has 298 valence electrons. The average molecular weight is 747 g/mol. The molecule has 12 heteroatoms. The van der Waals surface area contributed by atoms with Gasteiger partial charge in [-0.05, 0) is 12.8 Å². The van der Waals surface area contributed by atoms with Gasteiger partial charge in [0.1, 0.15) is 23.1 Å². The molecule has 4 unspecified atom stereocenters. The van der Waals surface area contributed by atoms with Crippen LogP contribution in [0.4, 0.5) is 0 Å². The van der Waals surface area contributed by atoms with Gasteiger partial charge in [0.05, 0.1) is 44.4 Å². The predicted octanol–water partition coefficient (Wildman–Crippen LogP) is 4.95. The number of esters is 1. The first kappa shape index (κ1) is 47.4. The number of aliphatic hydroxyl groups excluding tert-OH is 4. The van der Waals surface area contributed by atoms with Gasteiger partial charge in [-0.25, -0.2) is 0 Å². The molecule has 8 atom stereocenters. The second kappa shape index (κ2) is 27.1. The number of carbonyl (C=O) groups excluding carboxylic acids is 5. The van der Waals surface area contributed by atoms with Crippen molar-refractivity contribution in [1.82, 2.24) is 0 Å². The van der Waals surface area contributed by atoms with Crippen LogP contribution in [0.5, 0.6) is 0 Å². The fraction of sp³-hybridized carbons (Fsp3) is 0.659. The van der Waals surface area contributed by atoms with Gasteiger partial charge < -0.3 is 30.3 Å². The minimum absolute atomic E-state index is 0.0216. The van der Waals surface area contributed by atoms with Crippen molar-refractivity contribution in [2.45, 2.75) is 141 Å². The molecule has 0 bridgehead atoms. The molecule has 0 radical (unpaired) electrons. The van der Waals surface area contributed by atoms with E-state index in [4.69, 9.17) is 5.11 Å². The molecule has 0 heterocycles. The van der Waals surface area contributed by atoms with Crippen LogP contribution < -0.4 is 0 Å². The molecule has 0 aromatic carbocycles. The lowest BCUT2D eigenvalue weighted by atomic mass is 9.88. The molecule has 0 spiro atoms. The molecular formula is C41H62O12. The zero-order valence-electron chi connectivity index (χ0n) is 31.6. The van der Waals surface area contributed by atoms with E-state index < -0.39 is 54.1 Å². The number of allylic oxidation sites excluding steroid dienone is 2. The lowest BCUT2D eigenvalue weighted by Gasteiger charge is -2.17. The van der Waals surface area contributed by atoms with E-state index in [2.05, 4.69) is 18.6 Å². The number of Topliss-reactive ketones (excluding diaryl/α,β-unsaturated/α-hetero) is 4. The molecule has 2 fully saturated rings. The van der Waals surface area contributed by atoms with E-state index in [0.29, 0.717) is 12.8 Å². The molecule has 0 saturated heterocycles. The lowest BCUT2D eigenvalue weighted by molar-refractivity contribution is -0.139. The third-order valence-electron chi connectivity index (χ3n) is 9.51. The summed E-state index contributed by atoms with van der Waals surface area (Å²) in [6.45, 7) is 4.18. The van der Waals surface area contributed by atoms with Crippen molar-refractivity contribution in [1.29, 1.82) is 0 Å². The van der Waals surface area contributed by atoms with Gasteiger partial charge >= 0.3 is 11.9 Å². The van der Waals surface area contributed by atoms with Gasteiger partial charge in [-0.15, -0.1) is 0 Å². The molecule has 2 rings (SSSR count). The van der Waals surface area contributed by atoms with E-state index in [1.54, 1.807) is 36.5 Å². The SMILES string of the molecule is CCCCCC(O)/C=C/[C@H]1C(O)CC(=O)[C@@H]1CC(=O)C/C=C/CC(=O)O.CCCCCC(O)/C=C/[C@H]1C(O)CC(=O)[C@@H]1CC(=O)C/C=C/CC(=O)OC. The first-order valence-electron chi connectivity index (χ1n) is 19.0. The highest BCUT2D eigenvalue weighted by molar-refractivity contribution is 5.91. The highest BCUT2D eigenvalue weighted by Crippen LogP contribution is 2.35. The number of carboxylic acid groups (broad SMARTS) is 1. The molecule has 5 N–H and O–H groups in total. The summed E-state index contributed by atoms with van der Waals surface area (Å²) in [5, 5.41) is 48.7. The predicted molar refractivity (Wildman–Crippen MR) is 199 cm³/mol. The Morgan fingerprint density at radius 1 is 0.679 bits per heavy atom. The zero-order chi connectivity index (χ0) is 39.8. The maximum Gasteiger partial charge on any atom is 0.309 e. The Morgan fingerprint density at radius 3 is 1.45 bits per heavy atom. The number of carbonyl (C=O) groups is 6. The molecule has 2 saturated carbocycles. The van der Waals surface area contributed by atoms with Gasteiger partial charge in [-0.3, -0.25) is 28.8 Å². The average Bonchev–Trinajstić information content (AvgIpc) is 3.53. The molecule has 2 aliphatic carbocycles. The van der Waals surface area contributed by atoms with Crippen molar-refractivity contribution in [3.8, 4) is 0 Å². The number of hydrogen-bond acceptors (Lipinski definition) is 11. The monoisotopic (exact) mass is 746 g/mol. The number of rotatable bonds is 24. The van der Waals surface area contributed by atoms with Gasteiger partial charge in [-0.1, -0.05) is 101 Å². The van der Waals surface area contributed by atoms with Crippen LogP contribution in [0.2, 0.25) is 0 Å². The van der Waals surface area contributed by atoms with Crippen molar-refractivity contribution in [2.75, 3.05) is 7.11 Å². The zero-order valence-corrected chi connectivity index (χ0v) is 31.6. The van der Waals surface area contributed by atoms with E-state index in [0.717, 1.165) is 38.5 Å². The number of hydrogen-bond donors (Lipinski definition) is 5. The molecule has 2 aliphatic rings. The number of aliphatic hydroxyl groups is 4. The Balaban J connectivity index is 0.000000530. The maximum atomic E-state index is 12.2. The first-order valence-corrected chi connectivity index (χ1v) is 19.0. The van der Waals surface area contributed by atoms with Crippen molar-refractivity contribution < 1.29 is 59.0 Å². The van der Waals surface area contributed by atoms with Crippen LogP contribution >= 0.6 is 0 Å². The van der Waals surface area contributed by atoms with Gasteiger partial charge in [0, 0.05) is 62.2 Å². The largest absolute Gasteiger partial charge is 0.481 e. The molecule has 53 heavy (non-hydrogen) atoms. The highest BCUT2D eigenvalue weighted by Gasteiger charge is 2.41. The van der Waals surface area contributed by atoms with Crippen molar-refractivity contribution in [3.63, 3.8) is 0 Å². The second-order valence-corrected chi connectivity index (χ2v) is 14.0. The van der Waals surface area contributed by atoms with Crippen molar-refractivity contribution >= 4 is 35.1 Å². The van der Waals surface area contributed by atoms with E-state index in [1.807, 2.05) is 0 Å². The van der Waals surface area contributed by atoms with Gasteiger partial charge in [0.25, 0.3) is 0 Å². The first-order chi connectivity index (χ1) is 25.2. The summed E-state index contributed by atoms with van der Waals surface area (Å²) in [6.07, 6.45) is 17.5. The normalized spacial score (nSPS) is 24.3. The second-order valence-electron chi connectivity index (χ2n) is 14.0. The van der Waals surface area contributed by atoms with Gasteiger partial charge in [0.2, 0.25) is 0 Å². The minimum atomic E-state index is -0.967. The van der Waals surface area contributed by atoms with Gasteiger partial charge in [-0.2, -0.15) is 0 Å². The Bertz CT molecular complexity index is 1280. The summed E-state index contributed by atoms with van der Waals surface area (Å²) < 4.78 is 4.51. The third-order valence-corrected chi connectivity index (χ3v) is 9.51. The van der Waals surface area contributed by atoms with Crippen LogP contribution in [0.1, 0.15) is 117 Å². The minimum Gasteiger partial charge on any atom is -0.481 e. The Morgan fingerprint density at radius 2 is 1.08 bits per heavy atom. The standard InChI is InChI=1S/C21H32O6.C20H30O6/c1-3-4-5-8-15(22)11-12-17-18(20(25)14-19(17)24)13-16(23)9-6-7-10-21(26)27-2;1-2-3-4-7-14(21)10-11-16-17(19(24)13-18(16)23)12-15(22)8-5-6-9-20(25)26/h6-7,11-12,15,17-19,22,24H,3-5,8-10,13-14H2,1-2H3;5-6,10-11,14,16-18,21,23H,2-4,7-9,12-13H2,1H3,(H,25,26)/b7-6+,12-11+;6-5+,11-10+/t15?,17-,18-,19?;14?,16-,17-,18?/m11/s1. The number of ketones is 4. The van der Waals surface area contributed by atoms with Crippen LogP contribution in [0.3, 0.4) is 0 Å². The number of carboxylic acids is 1. The molecule has 0 aliphatic heterocycles. The van der Waals surface area contributed by atoms with E-state index >= 15 is 0 Å². The van der Waals surface area contributed by atoms with E-state index in [9.17, 15) is 49.2 Å². The van der Waals surface area contributed by atoms with Crippen LogP contribution in [0.15, 0.2) is 48.6 Å². The highest BCUT2D eigenvalue weighted by atomic mass is 16.5. The number of unbranched alkanes of at least 4 members (excludes halogenated alkanes) is 4. The third kappa shape index (κ3) is 19.9. The Kier molecular flexibility index (Phi) is 24.2. The van der Waals surface area contributed by atoms with Crippen LogP contribution in [-0.2, 0) is 33.5 Å². The lowest BCUT2D eigenvalue weighted by Crippen LogP contribution is -2.22. The summed E-state index contributed by atoms with van der Waals surface area (Å²) in [4.78, 5) is 69.9. The Hall–Kier alpha value is -3.58. The summed E-state index contributed by atoms with van der Waals surface area (Å²) in [6, 6.07) is 0. The quantitative estimate of drug-likeness (QED) is 0.0505. The fourth-order valence-electron chi connectivity index (χ4n) is 6.42. The Labute approximate surface area is 314 Å². The fourth-order valence-corrected chi connectivity index (χ4v) is 6.42. The molecule has 0 aromatic rings. The number of ether oxygens (including phenoxy) is 1. The van der Waals surface area contributed by atoms with E-state index in [1.165, 1.54) is 19.3 Å². The summed E-state index contributed by atoms with van der Waals surface area (Å²) in [5.41, 5.74) is 0. The van der Waals surface area contributed by atoms with Crippen molar-refractivity contribution in [3.05, 3.63) is 48.6 Å². The maximum absolute atomic E-state index is 12.2. The molecule has 0 amide bonds. The van der Waals surface area contributed by atoms with Crippen molar-refractivity contribution in [2.24, 2.45) is 23.7 Å². The molecular weight excluding hydrogens is 684 g/mol. The van der Waals surface area contributed by atoms with Crippen LogP contribution in [0.25, 0.3) is 0 Å². The summed E-state index contributed by atoms with van der Waals surface area (Å²) >= 11 is 0.